The monoisotopic (exact) mass is 445 g/mol. The third kappa shape index (κ3) is 4.70. The molecule has 3 saturated heterocycles. The van der Waals surface area contributed by atoms with Crippen molar-refractivity contribution in [2.75, 3.05) is 19.7 Å². The number of nitrogens with zero attached hydrogens (tertiary/aromatic N) is 5. The first-order valence-corrected chi connectivity index (χ1v) is 10.9. The van der Waals surface area contributed by atoms with E-state index in [0.29, 0.717) is 23.8 Å². The Morgan fingerprint density at radius 3 is 2.97 bits per heavy atom. The van der Waals surface area contributed by atoms with Crippen LogP contribution < -0.4 is 10.8 Å². The molecule has 4 atom stereocenters. The molecule has 166 valence electrons. The molecule has 3 fully saturated rings. The molecule has 0 aromatic carbocycles. The van der Waals surface area contributed by atoms with Gasteiger partial charge in [0.2, 0.25) is 0 Å². The lowest BCUT2D eigenvalue weighted by atomic mass is 10.0. The average Bonchev–Trinajstić information content (AvgIpc) is 3.40. The predicted molar refractivity (Wildman–Crippen MR) is 97.4 cm³/mol. The van der Waals surface area contributed by atoms with Crippen LogP contribution in [0.3, 0.4) is 0 Å². The SMILES string of the molecule is O=C(NOC[C@H]1C[C@@H](Cn2ccnn2)CN1)C1CCC2CN1C(=O)N2OS(=O)(=O)O. The number of hydrogen-bond acceptors (Lipinski definition) is 9. The molecular formula is C15H23N7O7S. The number of carbonyl (C=O) groups is 2. The van der Waals surface area contributed by atoms with E-state index in [1.807, 2.05) is 0 Å². The minimum Gasteiger partial charge on any atom is -0.311 e. The second-order valence-electron chi connectivity index (χ2n) is 7.62. The molecule has 0 aliphatic carbocycles. The van der Waals surface area contributed by atoms with Crippen LogP contribution in [0.15, 0.2) is 12.4 Å². The third-order valence-corrected chi connectivity index (χ3v) is 5.84. The van der Waals surface area contributed by atoms with Crippen molar-refractivity contribution in [1.29, 1.82) is 0 Å². The lowest BCUT2D eigenvalue weighted by Crippen LogP contribution is -2.50. The summed E-state index contributed by atoms with van der Waals surface area (Å²) < 4.78 is 36.8. The van der Waals surface area contributed by atoms with E-state index in [4.69, 9.17) is 9.39 Å². The summed E-state index contributed by atoms with van der Waals surface area (Å²) in [6, 6.07) is -2.07. The molecule has 4 rings (SSSR count). The molecule has 3 aliphatic heterocycles. The van der Waals surface area contributed by atoms with Crippen LogP contribution in [0.25, 0.3) is 0 Å². The van der Waals surface area contributed by atoms with Gasteiger partial charge >= 0.3 is 16.4 Å². The normalized spacial score (nSPS) is 28.9. The second kappa shape index (κ2) is 8.43. The van der Waals surface area contributed by atoms with Crippen LogP contribution in [-0.4, -0.2) is 87.7 Å². The Labute approximate surface area is 172 Å². The molecule has 15 heteroatoms. The van der Waals surface area contributed by atoms with Gasteiger partial charge in [-0.05, 0) is 25.2 Å². The van der Waals surface area contributed by atoms with Gasteiger partial charge in [0.1, 0.15) is 6.04 Å². The molecule has 14 nitrogen and oxygen atoms in total. The molecule has 0 saturated carbocycles. The van der Waals surface area contributed by atoms with Crippen LogP contribution in [0.1, 0.15) is 19.3 Å². The number of piperidine rings is 1. The number of rotatable bonds is 8. The van der Waals surface area contributed by atoms with E-state index in [1.165, 1.54) is 4.90 Å². The molecule has 30 heavy (non-hydrogen) atoms. The first kappa shape index (κ1) is 20.9. The van der Waals surface area contributed by atoms with E-state index in [-0.39, 0.29) is 19.2 Å². The molecule has 1 aromatic rings. The summed E-state index contributed by atoms with van der Waals surface area (Å²) >= 11 is 0. The number of fused-ring (bicyclic) bond motifs is 2. The third-order valence-electron chi connectivity index (χ3n) is 5.49. The summed E-state index contributed by atoms with van der Waals surface area (Å²) in [6.07, 6.45) is 4.96. The van der Waals surface area contributed by atoms with Crippen molar-refractivity contribution in [3.05, 3.63) is 12.4 Å². The van der Waals surface area contributed by atoms with Crippen LogP contribution >= 0.6 is 0 Å². The Kier molecular flexibility index (Phi) is 5.88. The molecular weight excluding hydrogens is 422 g/mol. The zero-order valence-electron chi connectivity index (χ0n) is 16.0. The van der Waals surface area contributed by atoms with Crippen LogP contribution in [0.4, 0.5) is 4.79 Å². The molecule has 0 spiro atoms. The summed E-state index contributed by atoms with van der Waals surface area (Å²) in [7, 11) is -4.82. The highest BCUT2D eigenvalue weighted by atomic mass is 32.3. The fraction of sp³-hybridized carbons (Fsp3) is 0.733. The molecule has 3 amide bonds. The van der Waals surface area contributed by atoms with Gasteiger partial charge in [-0.25, -0.2) is 10.3 Å². The van der Waals surface area contributed by atoms with E-state index in [9.17, 15) is 18.0 Å². The van der Waals surface area contributed by atoms with E-state index in [1.54, 1.807) is 17.1 Å². The molecule has 3 N–H and O–H groups in total. The summed E-state index contributed by atoms with van der Waals surface area (Å²) in [4.78, 5) is 31.4. The lowest BCUT2D eigenvalue weighted by molar-refractivity contribution is -0.139. The number of hydrogen-bond donors (Lipinski definition) is 3. The summed E-state index contributed by atoms with van der Waals surface area (Å²) in [5, 5.41) is 11.7. The standard InChI is InChI=1S/C15H23N7O7S/c23-14(13-2-1-12-8-21(13)15(24)22(12)29-30(25,26)27)18-28-9-11-5-10(6-16-11)7-20-4-3-17-19-20/h3-4,10-13,16H,1-2,5-9H2,(H,18,23)(H,25,26,27)/t10-,11-,12?,13?/m1/s1. The highest BCUT2D eigenvalue weighted by Crippen LogP contribution is 2.30. The summed E-state index contributed by atoms with van der Waals surface area (Å²) in [5.74, 6) is -0.116. The zero-order valence-corrected chi connectivity index (χ0v) is 16.8. The number of urea groups is 1. The van der Waals surface area contributed by atoms with Gasteiger partial charge in [-0.1, -0.05) is 5.21 Å². The van der Waals surface area contributed by atoms with Gasteiger partial charge in [-0.2, -0.15) is 13.5 Å². The number of nitrogens with one attached hydrogen (secondary N) is 2. The highest BCUT2D eigenvalue weighted by molar-refractivity contribution is 7.80. The highest BCUT2D eigenvalue weighted by Gasteiger charge is 2.49. The van der Waals surface area contributed by atoms with Gasteiger partial charge in [0.25, 0.3) is 5.91 Å². The number of carbonyl (C=O) groups excluding carboxylic acids is 2. The van der Waals surface area contributed by atoms with Crippen molar-refractivity contribution in [3.63, 3.8) is 0 Å². The Balaban J connectivity index is 1.22. The average molecular weight is 445 g/mol. The van der Waals surface area contributed by atoms with Crippen molar-refractivity contribution in [3.8, 4) is 0 Å². The zero-order chi connectivity index (χ0) is 21.3. The fourth-order valence-corrected chi connectivity index (χ4v) is 4.54. The first-order chi connectivity index (χ1) is 14.3. The lowest BCUT2D eigenvalue weighted by Gasteiger charge is -2.29. The number of aromatic nitrogens is 3. The quantitative estimate of drug-likeness (QED) is 0.310. The number of amides is 3. The maximum Gasteiger partial charge on any atom is 0.418 e. The predicted octanol–water partition coefficient (Wildman–Crippen LogP) is -1.69. The summed E-state index contributed by atoms with van der Waals surface area (Å²) in [5.41, 5.74) is 2.38. The van der Waals surface area contributed by atoms with Crippen molar-refractivity contribution in [2.24, 2.45) is 5.92 Å². The fourth-order valence-electron chi connectivity index (χ4n) is 4.15. The van der Waals surface area contributed by atoms with Gasteiger partial charge in [-0.3, -0.25) is 18.9 Å². The molecule has 4 heterocycles. The Morgan fingerprint density at radius 2 is 2.23 bits per heavy atom. The van der Waals surface area contributed by atoms with Crippen molar-refractivity contribution >= 4 is 22.3 Å². The Bertz CT molecular complexity index is 880. The number of hydroxylamine groups is 3. The van der Waals surface area contributed by atoms with Crippen molar-refractivity contribution < 1.29 is 31.7 Å². The van der Waals surface area contributed by atoms with Crippen LogP contribution in [0.5, 0.6) is 0 Å². The first-order valence-electron chi connectivity index (χ1n) is 9.56. The Hall–Kier alpha value is -2.33. The van der Waals surface area contributed by atoms with Gasteiger partial charge in [0.15, 0.2) is 0 Å². The van der Waals surface area contributed by atoms with Crippen LogP contribution in [-0.2, 0) is 30.9 Å². The van der Waals surface area contributed by atoms with E-state index in [2.05, 4.69) is 25.4 Å². The van der Waals surface area contributed by atoms with E-state index >= 15 is 0 Å². The van der Waals surface area contributed by atoms with Gasteiger partial charge in [0, 0.05) is 31.9 Å². The molecule has 3 aliphatic rings. The van der Waals surface area contributed by atoms with Crippen molar-refractivity contribution in [2.45, 2.75) is 43.9 Å². The van der Waals surface area contributed by atoms with Gasteiger partial charge in [-0.15, -0.1) is 9.38 Å². The van der Waals surface area contributed by atoms with E-state index < -0.39 is 34.4 Å². The van der Waals surface area contributed by atoms with Gasteiger partial charge in [0.05, 0.1) is 18.8 Å². The second-order valence-corrected chi connectivity index (χ2v) is 8.62. The minimum absolute atomic E-state index is 0.0710. The Morgan fingerprint density at radius 1 is 1.40 bits per heavy atom. The molecule has 1 aromatic heterocycles. The summed E-state index contributed by atoms with van der Waals surface area (Å²) in [6.45, 7) is 1.94. The van der Waals surface area contributed by atoms with Crippen molar-refractivity contribution in [1.82, 2.24) is 35.8 Å². The minimum atomic E-state index is -4.82. The maximum absolute atomic E-state index is 12.5. The van der Waals surface area contributed by atoms with E-state index in [0.717, 1.165) is 19.5 Å². The molecule has 0 radical (unpaired) electrons. The topological polar surface area (TPSA) is 168 Å². The maximum atomic E-state index is 12.5. The molecule has 2 unspecified atom stereocenters. The molecule has 2 bridgehead atoms. The van der Waals surface area contributed by atoms with Gasteiger partial charge < -0.3 is 10.2 Å². The van der Waals surface area contributed by atoms with Crippen LogP contribution in [0.2, 0.25) is 0 Å². The largest absolute Gasteiger partial charge is 0.418 e. The van der Waals surface area contributed by atoms with Crippen LogP contribution in [0, 0.1) is 5.92 Å². The smallest absolute Gasteiger partial charge is 0.311 e.